The van der Waals surface area contributed by atoms with Gasteiger partial charge in [-0.25, -0.2) is 4.79 Å². The Balaban J connectivity index is 1.86. The number of nitriles is 1. The van der Waals surface area contributed by atoms with Crippen LogP contribution in [0.4, 0.5) is 0 Å². The van der Waals surface area contributed by atoms with Gasteiger partial charge in [0.25, 0.3) is 5.91 Å². The molecule has 0 saturated carbocycles. The second-order valence-corrected chi connectivity index (χ2v) is 7.97. The highest BCUT2D eigenvalue weighted by Crippen LogP contribution is 2.40. The Morgan fingerprint density at radius 1 is 1.00 bits per heavy atom. The van der Waals surface area contributed by atoms with E-state index < -0.39 is 11.5 Å². The molecule has 0 saturated heterocycles. The van der Waals surface area contributed by atoms with Crippen molar-refractivity contribution in [3.63, 3.8) is 0 Å². The predicted molar refractivity (Wildman–Crippen MR) is 126 cm³/mol. The molecule has 164 valence electrons. The van der Waals surface area contributed by atoms with Crippen molar-refractivity contribution in [2.24, 2.45) is 0 Å². The van der Waals surface area contributed by atoms with Gasteiger partial charge in [-0.15, -0.1) is 0 Å². The summed E-state index contributed by atoms with van der Waals surface area (Å²) in [5.74, 6) is -0.729. The van der Waals surface area contributed by atoms with Gasteiger partial charge < -0.3 is 4.74 Å². The summed E-state index contributed by atoms with van der Waals surface area (Å²) in [6.07, 6.45) is 3.65. The maximum Gasteiger partial charge on any atom is 0.338 e. The molecule has 1 heterocycles. The highest BCUT2D eigenvalue weighted by atomic mass is 16.5. The molecule has 0 bridgehead atoms. The Morgan fingerprint density at radius 3 is 2.42 bits per heavy atom. The van der Waals surface area contributed by atoms with Gasteiger partial charge in [-0.3, -0.25) is 9.69 Å². The molecule has 1 atom stereocenters. The van der Waals surface area contributed by atoms with Gasteiger partial charge >= 0.3 is 5.97 Å². The number of carbonyl (C=O) groups excluding carboxylic acids is 2. The molecule has 3 aromatic carbocycles. The molecule has 0 fully saturated rings. The summed E-state index contributed by atoms with van der Waals surface area (Å²) >= 11 is 0. The van der Waals surface area contributed by atoms with Gasteiger partial charge in [0.1, 0.15) is 0 Å². The maximum absolute atomic E-state index is 13.6. The van der Waals surface area contributed by atoms with E-state index in [2.05, 4.69) is 6.07 Å². The molecule has 0 radical (unpaired) electrons. The van der Waals surface area contributed by atoms with Crippen LogP contribution in [0.15, 0.2) is 79.0 Å². The van der Waals surface area contributed by atoms with Crippen LogP contribution in [-0.4, -0.2) is 23.4 Å². The van der Waals surface area contributed by atoms with E-state index in [-0.39, 0.29) is 18.9 Å². The Bertz CT molecular complexity index is 1270. The fourth-order valence-corrected chi connectivity index (χ4v) is 4.20. The largest absolute Gasteiger partial charge is 0.462 e. The molecular formula is C28H24N2O3. The van der Waals surface area contributed by atoms with Gasteiger partial charge in [0.2, 0.25) is 0 Å². The smallest absolute Gasteiger partial charge is 0.338 e. The number of hydrogen-bond donors (Lipinski definition) is 0. The summed E-state index contributed by atoms with van der Waals surface area (Å²) in [6, 6.07) is 24.3. The van der Waals surface area contributed by atoms with Gasteiger partial charge in [0, 0.05) is 18.2 Å². The highest BCUT2D eigenvalue weighted by Gasteiger charge is 2.45. The molecule has 1 unspecified atom stereocenters. The zero-order valence-corrected chi connectivity index (χ0v) is 18.6. The molecule has 0 aromatic heterocycles. The Hall–Kier alpha value is -4.17. The topological polar surface area (TPSA) is 70.4 Å². The summed E-state index contributed by atoms with van der Waals surface area (Å²) in [5, 5.41) is 10.6. The Kier molecular flexibility index (Phi) is 6.10. The number of esters is 1. The van der Waals surface area contributed by atoms with Crippen LogP contribution in [-0.2, 0) is 16.7 Å². The number of benzene rings is 3. The lowest BCUT2D eigenvalue weighted by Crippen LogP contribution is -2.49. The Labute approximate surface area is 193 Å². The molecule has 0 aliphatic carbocycles. The SMILES string of the molecule is CCOC(=O)c1ccccc1CC1(C#N)c2ccccc2C=CN1C(=O)c1ccc(C)cc1. The number of rotatable bonds is 5. The van der Waals surface area contributed by atoms with E-state index in [9.17, 15) is 14.9 Å². The number of aryl methyl sites for hydroxylation is 1. The molecule has 33 heavy (non-hydrogen) atoms. The average molecular weight is 437 g/mol. The van der Waals surface area contributed by atoms with Gasteiger partial charge in [0.05, 0.1) is 18.2 Å². The van der Waals surface area contributed by atoms with Crippen LogP contribution in [0.2, 0.25) is 0 Å². The minimum Gasteiger partial charge on any atom is -0.462 e. The second-order valence-electron chi connectivity index (χ2n) is 7.97. The first kappa shape index (κ1) is 22.0. The number of nitrogens with zero attached hydrogens (tertiary/aromatic N) is 2. The second kappa shape index (κ2) is 9.13. The lowest BCUT2D eigenvalue weighted by atomic mass is 9.78. The van der Waals surface area contributed by atoms with Crippen LogP contribution in [0.5, 0.6) is 0 Å². The molecule has 5 nitrogen and oxygen atoms in total. The summed E-state index contributed by atoms with van der Waals surface area (Å²) in [6.45, 7) is 3.96. The normalized spacial score (nSPS) is 16.6. The number of hydrogen-bond acceptors (Lipinski definition) is 4. The van der Waals surface area contributed by atoms with E-state index in [4.69, 9.17) is 4.74 Å². The van der Waals surface area contributed by atoms with Crippen molar-refractivity contribution >= 4 is 18.0 Å². The van der Waals surface area contributed by atoms with Crippen LogP contribution < -0.4 is 0 Å². The summed E-state index contributed by atoms with van der Waals surface area (Å²) in [7, 11) is 0. The third-order valence-corrected chi connectivity index (χ3v) is 5.88. The van der Waals surface area contributed by atoms with Gasteiger partial charge in [-0.2, -0.15) is 5.26 Å². The zero-order chi connectivity index (χ0) is 23.4. The first-order valence-electron chi connectivity index (χ1n) is 10.8. The number of carbonyl (C=O) groups is 2. The third kappa shape index (κ3) is 4.04. The molecule has 1 aliphatic heterocycles. The quantitative estimate of drug-likeness (QED) is 0.512. The fraction of sp³-hybridized carbons (Fsp3) is 0.179. The van der Waals surface area contributed by atoms with E-state index in [1.807, 2.05) is 55.5 Å². The Morgan fingerprint density at radius 2 is 1.70 bits per heavy atom. The van der Waals surface area contributed by atoms with Crippen LogP contribution in [0.1, 0.15) is 49.9 Å². The van der Waals surface area contributed by atoms with Crippen molar-refractivity contribution in [1.82, 2.24) is 4.90 Å². The van der Waals surface area contributed by atoms with Crippen molar-refractivity contribution in [3.8, 4) is 6.07 Å². The highest BCUT2D eigenvalue weighted by molar-refractivity contribution is 5.97. The first-order valence-corrected chi connectivity index (χ1v) is 10.8. The average Bonchev–Trinajstić information content (AvgIpc) is 2.84. The predicted octanol–water partition coefficient (Wildman–Crippen LogP) is 5.26. The van der Waals surface area contributed by atoms with Crippen molar-refractivity contribution in [1.29, 1.82) is 5.26 Å². The van der Waals surface area contributed by atoms with Crippen LogP contribution in [0.25, 0.3) is 6.08 Å². The van der Waals surface area contributed by atoms with E-state index in [1.165, 1.54) is 4.90 Å². The van der Waals surface area contributed by atoms with Crippen molar-refractivity contribution in [2.45, 2.75) is 25.8 Å². The van der Waals surface area contributed by atoms with Crippen molar-refractivity contribution < 1.29 is 14.3 Å². The maximum atomic E-state index is 13.6. The molecule has 1 amide bonds. The van der Waals surface area contributed by atoms with Crippen molar-refractivity contribution in [2.75, 3.05) is 6.61 Å². The lowest BCUT2D eigenvalue weighted by molar-refractivity contribution is 0.0524. The molecule has 1 aliphatic rings. The zero-order valence-electron chi connectivity index (χ0n) is 18.6. The number of ether oxygens (including phenoxy) is 1. The molecule has 3 aromatic rings. The number of amides is 1. The summed E-state index contributed by atoms with van der Waals surface area (Å²) < 4.78 is 5.23. The monoisotopic (exact) mass is 436 g/mol. The minimum atomic E-state index is -1.34. The molecule has 5 heteroatoms. The van der Waals surface area contributed by atoms with Crippen LogP contribution >= 0.6 is 0 Å². The number of fused-ring (bicyclic) bond motifs is 1. The first-order chi connectivity index (χ1) is 16.0. The van der Waals surface area contributed by atoms with E-state index in [0.717, 1.165) is 11.1 Å². The van der Waals surface area contributed by atoms with E-state index in [1.54, 1.807) is 43.5 Å². The molecule has 0 spiro atoms. The molecule has 0 N–H and O–H groups in total. The molecular weight excluding hydrogens is 412 g/mol. The summed E-state index contributed by atoms with van der Waals surface area (Å²) in [5.41, 5.74) is 2.81. The van der Waals surface area contributed by atoms with Gasteiger partial charge in [-0.05, 0) is 54.8 Å². The summed E-state index contributed by atoms with van der Waals surface area (Å²) in [4.78, 5) is 27.7. The van der Waals surface area contributed by atoms with Gasteiger partial charge in [0.15, 0.2) is 5.54 Å². The van der Waals surface area contributed by atoms with Crippen LogP contribution in [0.3, 0.4) is 0 Å². The fourth-order valence-electron chi connectivity index (χ4n) is 4.20. The minimum absolute atomic E-state index is 0.136. The molecule has 4 rings (SSSR count). The third-order valence-electron chi connectivity index (χ3n) is 5.88. The van der Waals surface area contributed by atoms with E-state index >= 15 is 0 Å². The van der Waals surface area contributed by atoms with E-state index in [0.29, 0.717) is 22.3 Å². The van der Waals surface area contributed by atoms with Crippen molar-refractivity contribution in [3.05, 3.63) is 112 Å². The lowest BCUT2D eigenvalue weighted by Gasteiger charge is -2.40. The van der Waals surface area contributed by atoms with Gasteiger partial charge in [-0.1, -0.05) is 60.2 Å². The standard InChI is InChI=1S/C28H24N2O3/c1-3-33-27(32)24-10-6-4-9-23(24)18-28(19-29)25-11-7-5-8-21(25)16-17-30(28)26(31)22-14-12-20(2)13-15-22/h4-17H,3,18H2,1-2H3. The van der Waals surface area contributed by atoms with Crippen LogP contribution in [0, 0.1) is 18.3 Å².